The molecule has 0 aromatic heterocycles. The van der Waals surface area contributed by atoms with Crippen molar-refractivity contribution in [2.24, 2.45) is 5.92 Å². The van der Waals surface area contributed by atoms with Gasteiger partial charge in [-0.05, 0) is 18.6 Å². The first-order valence-electron chi connectivity index (χ1n) is 4.83. The maximum absolute atomic E-state index is 11.5. The maximum Gasteiger partial charge on any atom is 0.229 e. The van der Waals surface area contributed by atoms with Crippen LogP contribution < -0.4 is 10.6 Å². The summed E-state index contributed by atoms with van der Waals surface area (Å²) in [5.41, 5.74) is 3.10. The van der Waals surface area contributed by atoms with Gasteiger partial charge in [-0.1, -0.05) is 19.1 Å². The SMILES string of the molecule is Cc1cccc2c1NCC(C)C(=O)N2. The van der Waals surface area contributed by atoms with E-state index in [1.54, 1.807) is 0 Å². The zero-order valence-corrected chi connectivity index (χ0v) is 8.42. The second-order valence-corrected chi connectivity index (χ2v) is 3.77. The highest BCUT2D eigenvalue weighted by molar-refractivity contribution is 5.97. The van der Waals surface area contributed by atoms with Crippen molar-refractivity contribution in [1.82, 2.24) is 0 Å². The van der Waals surface area contributed by atoms with E-state index < -0.39 is 0 Å². The molecule has 3 heteroatoms. The molecule has 3 nitrogen and oxygen atoms in total. The Hall–Kier alpha value is -1.51. The molecule has 0 radical (unpaired) electrons. The van der Waals surface area contributed by atoms with Crippen LogP contribution in [0.5, 0.6) is 0 Å². The van der Waals surface area contributed by atoms with Gasteiger partial charge in [-0.25, -0.2) is 0 Å². The molecule has 1 aromatic rings. The summed E-state index contributed by atoms with van der Waals surface area (Å²) in [5, 5.41) is 6.20. The number of carbonyl (C=O) groups is 1. The summed E-state index contributed by atoms with van der Waals surface area (Å²) in [6.45, 7) is 4.65. The molecular formula is C11H14N2O. The minimum atomic E-state index is 0.0156. The number of amides is 1. The molecule has 0 bridgehead atoms. The van der Waals surface area contributed by atoms with Crippen molar-refractivity contribution in [3.63, 3.8) is 0 Å². The van der Waals surface area contributed by atoms with Crippen molar-refractivity contribution in [2.75, 3.05) is 17.2 Å². The van der Waals surface area contributed by atoms with Crippen LogP contribution in [-0.2, 0) is 4.79 Å². The summed E-state index contributed by atoms with van der Waals surface area (Å²) in [6, 6.07) is 5.91. The van der Waals surface area contributed by atoms with Crippen LogP contribution >= 0.6 is 0 Å². The molecule has 74 valence electrons. The topological polar surface area (TPSA) is 41.1 Å². The van der Waals surface area contributed by atoms with E-state index >= 15 is 0 Å². The molecule has 1 amide bonds. The molecule has 1 atom stereocenters. The lowest BCUT2D eigenvalue weighted by atomic mass is 10.1. The molecular weight excluding hydrogens is 176 g/mol. The van der Waals surface area contributed by atoms with Crippen LogP contribution in [0.2, 0.25) is 0 Å². The van der Waals surface area contributed by atoms with E-state index in [2.05, 4.69) is 10.6 Å². The second kappa shape index (κ2) is 3.33. The number of fused-ring (bicyclic) bond motifs is 1. The van der Waals surface area contributed by atoms with E-state index in [0.29, 0.717) is 6.54 Å². The van der Waals surface area contributed by atoms with Gasteiger partial charge in [-0.2, -0.15) is 0 Å². The Balaban J connectivity index is 2.42. The van der Waals surface area contributed by atoms with Crippen molar-refractivity contribution < 1.29 is 4.79 Å². The number of nitrogens with one attached hydrogen (secondary N) is 2. The van der Waals surface area contributed by atoms with E-state index in [-0.39, 0.29) is 11.8 Å². The molecule has 1 unspecified atom stereocenters. The zero-order chi connectivity index (χ0) is 10.1. The molecule has 0 saturated heterocycles. The molecule has 0 fully saturated rings. The number of rotatable bonds is 0. The highest BCUT2D eigenvalue weighted by atomic mass is 16.1. The summed E-state index contributed by atoms with van der Waals surface area (Å²) in [4.78, 5) is 11.5. The van der Waals surface area contributed by atoms with Gasteiger partial charge < -0.3 is 10.6 Å². The average Bonchev–Trinajstić information content (AvgIpc) is 2.29. The van der Waals surface area contributed by atoms with Crippen LogP contribution in [0.3, 0.4) is 0 Å². The zero-order valence-electron chi connectivity index (χ0n) is 8.42. The largest absolute Gasteiger partial charge is 0.382 e. The van der Waals surface area contributed by atoms with Gasteiger partial charge >= 0.3 is 0 Å². The summed E-state index contributed by atoms with van der Waals surface area (Å²) >= 11 is 0. The lowest BCUT2D eigenvalue weighted by Crippen LogP contribution is -2.22. The summed E-state index contributed by atoms with van der Waals surface area (Å²) in [5.74, 6) is 0.101. The van der Waals surface area contributed by atoms with Crippen LogP contribution in [-0.4, -0.2) is 12.5 Å². The number of aryl methyl sites for hydroxylation is 1. The van der Waals surface area contributed by atoms with E-state index in [9.17, 15) is 4.79 Å². The minimum Gasteiger partial charge on any atom is -0.382 e. The number of hydrogen-bond acceptors (Lipinski definition) is 2. The molecule has 1 aliphatic heterocycles. The smallest absolute Gasteiger partial charge is 0.229 e. The molecule has 1 heterocycles. The van der Waals surface area contributed by atoms with Gasteiger partial charge in [-0.15, -0.1) is 0 Å². The van der Waals surface area contributed by atoms with E-state index in [4.69, 9.17) is 0 Å². The first-order valence-corrected chi connectivity index (χ1v) is 4.83. The Kier molecular flexibility index (Phi) is 2.15. The standard InChI is InChI=1S/C11H14N2O/c1-7-4-3-5-9-10(7)12-6-8(2)11(14)13-9/h3-5,8,12H,6H2,1-2H3,(H,13,14). The lowest BCUT2D eigenvalue weighted by Gasteiger charge is -2.09. The molecule has 0 saturated carbocycles. The third-order valence-corrected chi connectivity index (χ3v) is 2.56. The summed E-state index contributed by atoms with van der Waals surface area (Å²) in [7, 11) is 0. The molecule has 1 aromatic carbocycles. The third kappa shape index (κ3) is 1.45. The molecule has 2 rings (SSSR count). The Morgan fingerprint density at radius 3 is 3.00 bits per heavy atom. The van der Waals surface area contributed by atoms with E-state index in [0.717, 1.165) is 16.9 Å². The Labute approximate surface area is 83.5 Å². The van der Waals surface area contributed by atoms with Gasteiger partial charge in [0.2, 0.25) is 5.91 Å². The fourth-order valence-electron chi connectivity index (χ4n) is 1.61. The highest BCUT2D eigenvalue weighted by Gasteiger charge is 2.19. The number of anilines is 2. The first kappa shape index (κ1) is 9.06. The average molecular weight is 190 g/mol. The maximum atomic E-state index is 11.5. The number of benzene rings is 1. The predicted octanol–water partition coefficient (Wildman–Crippen LogP) is 2.00. The first-order chi connectivity index (χ1) is 6.68. The van der Waals surface area contributed by atoms with Crippen LogP contribution in [0.15, 0.2) is 18.2 Å². The van der Waals surface area contributed by atoms with Crippen LogP contribution in [0.1, 0.15) is 12.5 Å². The monoisotopic (exact) mass is 190 g/mol. The van der Waals surface area contributed by atoms with Crippen LogP contribution in [0.4, 0.5) is 11.4 Å². The van der Waals surface area contributed by atoms with Crippen LogP contribution in [0, 0.1) is 12.8 Å². The number of carbonyl (C=O) groups excluding carboxylic acids is 1. The second-order valence-electron chi connectivity index (χ2n) is 3.77. The third-order valence-electron chi connectivity index (χ3n) is 2.56. The van der Waals surface area contributed by atoms with Crippen molar-refractivity contribution >= 4 is 17.3 Å². The molecule has 0 aliphatic carbocycles. The van der Waals surface area contributed by atoms with Crippen LogP contribution in [0.25, 0.3) is 0 Å². The van der Waals surface area contributed by atoms with Crippen molar-refractivity contribution in [1.29, 1.82) is 0 Å². The van der Waals surface area contributed by atoms with Crippen molar-refractivity contribution in [3.05, 3.63) is 23.8 Å². The minimum absolute atomic E-state index is 0.0156. The van der Waals surface area contributed by atoms with Gasteiger partial charge in [0.1, 0.15) is 0 Å². The normalized spacial score (nSPS) is 20.4. The van der Waals surface area contributed by atoms with Gasteiger partial charge in [-0.3, -0.25) is 4.79 Å². The lowest BCUT2D eigenvalue weighted by molar-refractivity contribution is -0.118. The Morgan fingerprint density at radius 2 is 2.21 bits per heavy atom. The van der Waals surface area contributed by atoms with Gasteiger partial charge in [0, 0.05) is 6.54 Å². The summed E-state index contributed by atoms with van der Waals surface area (Å²) < 4.78 is 0. The predicted molar refractivity (Wildman–Crippen MR) is 57.5 cm³/mol. The number of hydrogen-bond donors (Lipinski definition) is 2. The fourth-order valence-corrected chi connectivity index (χ4v) is 1.61. The molecule has 14 heavy (non-hydrogen) atoms. The van der Waals surface area contributed by atoms with Gasteiger partial charge in [0.25, 0.3) is 0 Å². The van der Waals surface area contributed by atoms with Gasteiger partial charge in [0.15, 0.2) is 0 Å². The van der Waals surface area contributed by atoms with Crippen molar-refractivity contribution in [2.45, 2.75) is 13.8 Å². The van der Waals surface area contributed by atoms with Gasteiger partial charge in [0.05, 0.1) is 17.3 Å². The highest BCUT2D eigenvalue weighted by Crippen LogP contribution is 2.28. The van der Waals surface area contributed by atoms with E-state index in [1.807, 2.05) is 32.0 Å². The number of para-hydroxylation sites is 1. The van der Waals surface area contributed by atoms with E-state index in [1.165, 1.54) is 0 Å². The van der Waals surface area contributed by atoms with Crippen molar-refractivity contribution in [3.8, 4) is 0 Å². The fraction of sp³-hybridized carbons (Fsp3) is 0.364. The Morgan fingerprint density at radius 1 is 1.43 bits per heavy atom. The Bertz CT molecular complexity index is 374. The summed E-state index contributed by atoms with van der Waals surface area (Å²) in [6.07, 6.45) is 0. The molecule has 2 N–H and O–H groups in total. The molecule has 0 spiro atoms. The molecule has 1 aliphatic rings. The quantitative estimate of drug-likeness (QED) is 0.657.